The molecule has 0 rings (SSSR count). The summed E-state index contributed by atoms with van der Waals surface area (Å²) in [5.74, 6) is 0. The Bertz CT molecular complexity index is 267. The van der Waals surface area contributed by atoms with Crippen molar-refractivity contribution in [2.75, 3.05) is 19.8 Å². The molecule has 0 unspecified atom stereocenters. The highest BCUT2D eigenvalue weighted by atomic mass is 33.4. The first kappa shape index (κ1) is 20.1. The molecule has 0 bridgehead atoms. The van der Waals surface area contributed by atoms with E-state index in [0.29, 0.717) is 33.0 Å². The van der Waals surface area contributed by atoms with Crippen LogP contribution in [0, 0.1) is 0 Å². The van der Waals surface area contributed by atoms with Gasteiger partial charge in [-0.05, 0) is 91.6 Å². The van der Waals surface area contributed by atoms with Crippen LogP contribution in [0.1, 0.15) is 20.8 Å². The number of ether oxygens (including phenoxy) is 3. The summed E-state index contributed by atoms with van der Waals surface area (Å²) >= 11 is 19.7. The first-order valence-electron chi connectivity index (χ1n) is 5.37. The minimum absolute atomic E-state index is 0.493. The maximum Gasteiger partial charge on any atom is 0.225 e. The zero-order valence-electron chi connectivity index (χ0n) is 10.7. The third-order valence-electron chi connectivity index (χ3n) is 1.23. The minimum Gasteiger partial charge on any atom is -0.479 e. The van der Waals surface area contributed by atoms with Crippen LogP contribution < -0.4 is 0 Å². The second kappa shape index (κ2) is 12.9. The van der Waals surface area contributed by atoms with E-state index in [4.69, 9.17) is 50.9 Å². The molecule has 0 atom stereocenters. The predicted octanol–water partition coefficient (Wildman–Crippen LogP) is 5.38. The maximum atomic E-state index is 5.27. The minimum atomic E-state index is -0.762. The molecule has 0 aromatic carbocycles. The van der Waals surface area contributed by atoms with E-state index < -0.39 is 5.53 Å². The van der Waals surface area contributed by atoms with Crippen molar-refractivity contribution in [1.29, 1.82) is 0 Å². The molecule has 0 aromatic rings. The standard InChI is InChI=1S/C9H15O3PS6/c1-4-10-7(14)17-13(18-8(15)11-5-2)19-9(16)12-6-3/h4-6H2,1-3H3. The van der Waals surface area contributed by atoms with Gasteiger partial charge in [0, 0.05) is 0 Å². The molecule has 0 fully saturated rings. The number of hydrogen-bond acceptors (Lipinski definition) is 9. The Morgan fingerprint density at radius 1 is 0.737 bits per heavy atom. The van der Waals surface area contributed by atoms with Crippen molar-refractivity contribution in [3.63, 3.8) is 0 Å². The molecule has 0 radical (unpaired) electrons. The second-order valence-corrected chi connectivity index (χ2v) is 13.6. The van der Waals surface area contributed by atoms with Crippen molar-refractivity contribution in [2.24, 2.45) is 0 Å². The Labute approximate surface area is 143 Å². The van der Waals surface area contributed by atoms with Crippen LogP contribution in [0.15, 0.2) is 0 Å². The highest BCUT2D eigenvalue weighted by Crippen LogP contribution is 2.71. The Morgan fingerprint density at radius 3 is 1.21 bits per heavy atom. The molecule has 110 valence electrons. The summed E-state index contributed by atoms with van der Waals surface area (Å²) in [6.45, 7) is 7.34. The van der Waals surface area contributed by atoms with Crippen LogP contribution in [0.4, 0.5) is 0 Å². The van der Waals surface area contributed by atoms with Crippen LogP contribution in [-0.4, -0.2) is 33.0 Å². The summed E-state index contributed by atoms with van der Waals surface area (Å²) in [6.07, 6.45) is 0. The van der Waals surface area contributed by atoms with Crippen LogP contribution in [0.2, 0.25) is 0 Å². The molecule has 0 amide bonds. The van der Waals surface area contributed by atoms with E-state index in [-0.39, 0.29) is 0 Å². The summed E-state index contributed by atoms with van der Waals surface area (Å²) in [7, 11) is 0. The summed E-state index contributed by atoms with van der Waals surface area (Å²) in [5.41, 5.74) is -0.762. The van der Waals surface area contributed by atoms with Crippen molar-refractivity contribution >= 4 is 89.5 Å². The zero-order valence-corrected chi connectivity index (χ0v) is 16.5. The van der Waals surface area contributed by atoms with Gasteiger partial charge in [-0.3, -0.25) is 0 Å². The van der Waals surface area contributed by atoms with Crippen molar-refractivity contribution in [1.82, 2.24) is 0 Å². The average Bonchev–Trinajstić information content (AvgIpc) is 2.29. The SMILES string of the molecule is CCOC(=S)SP(SC(=S)OCC)SC(=S)OCC. The molecule has 19 heavy (non-hydrogen) atoms. The van der Waals surface area contributed by atoms with Gasteiger partial charge >= 0.3 is 0 Å². The third kappa shape index (κ3) is 11.5. The van der Waals surface area contributed by atoms with E-state index >= 15 is 0 Å². The molecule has 0 aliphatic carbocycles. The van der Waals surface area contributed by atoms with Crippen LogP contribution in [0.3, 0.4) is 0 Å². The molecule has 0 aliphatic rings. The van der Waals surface area contributed by atoms with Gasteiger partial charge in [0.1, 0.15) is 0 Å². The Kier molecular flexibility index (Phi) is 13.6. The van der Waals surface area contributed by atoms with E-state index in [1.165, 1.54) is 34.1 Å². The third-order valence-corrected chi connectivity index (χ3v) is 11.6. The summed E-state index contributed by atoms with van der Waals surface area (Å²) in [4.78, 5) is 0. The van der Waals surface area contributed by atoms with E-state index in [0.717, 1.165) is 0 Å². The smallest absolute Gasteiger partial charge is 0.225 e. The Balaban J connectivity index is 4.40. The van der Waals surface area contributed by atoms with E-state index in [1.807, 2.05) is 20.8 Å². The van der Waals surface area contributed by atoms with E-state index in [1.54, 1.807) is 0 Å². The van der Waals surface area contributed by atoms with Crippen LogP contribution in [-0.2, 0) is 14.2 Å². The van der Waals surface area contributed by atoms with Gasteiger partial charge in [0.15, 0.2) is 0 Å². The van der Waals surface area contributed by atoms with Gasteiger partial charge in [-0.1, -0.05) is 0 Å². The van der Waals surface area contributed by atoms with Gasteiger partial charge in [0.2, 0.25) is 13.1 Å². The lowest BCUT2D eigenvalue weighted by atomic mass is 10.9. The molecule has 3 nitrogen and oxygen atoms in total. The van der Waals surface area contributed by atoms with Gasteiger partial charge < -0.3 is 14.2 Å². The lowest BCUT2D eigenvalue weighted by Gasteiger charge is -2.15. The van der Waals surface area contributed by atoms with Crippen LogP contribution in [0.25, 0.3) is 0 Å². The fourth-order valence-electron chi connectivity index (χ4n) is 0.671. The zero-order chi connectivity index (χ0) is 14.7. The van der Waals surface area contributed by atoms with Crippen molar-refractivity contribution in [3.05, 3.63) is 0 Å². The second-order valence-electron chi connectivity index (χ2n) is 2.55. The first-order chi connectivity index (χ1) is 9.03. The molecule has 0 saturated heterocycles. The molecule has 0 saturated carbocycles. The fourth-order valence-corrected chi connectivity index (χ4v) is 13.1. The number of thiocarbonyl (C=S) groups is 3. The lowest BCUT2D eigenvalue weighted by Crippen LogP contribution is -1.98. The summed E-state index contributed by atoms with van der Waals surface area (Å²) < 4.78 is 17.3. The molecular formula is C9H15O3PS6. The van der Waals surface area contributed by atoms with Gasteiger partial charge in [-0.15, -0.1) is 0 Å². The monoisotopic (exact) mass is 394 g/mol. The van der Waals surface area contributed by atoms with Crippen LogP contribution >= 0.6 is 76.3 Å². The molecule has 0 aliphatic heterocycles. The Hall–Kier alpha value is 1.15. The quantitative estimate of drug-likeness (QED) is 0.435. The maximum absolute atomic E-state index is 5.27. The highest BCUT2D eigenvalue weighted by molar-refractivity contribution is 9.19. The number of hydrogen-bond donors (Lipinski definition) is 0. The van der Waals surface area contributed by atoms with Crippen molar-refractivity contribution < 1.29 is 14.2 Å². The van der Waals surface area contributed by atoms with Gasteiger partial charge in [-0.25, -0.2) is 0 Å². The normalized spacial score (nSPS) is 10.1. The molecule has 0 heterocycles. The van der Waals surface area contributed by atoms with Gasteiger partial charge in [0.05, 0.1) is 25.3 Å². The molecule has 0 spiro atoms. The highest BCUT2D eigenvalue weighted by Gasteiger charge is 2.21. The molecule has 0 N–H and O–H groups in total. The molecule has 10 heteroatoms. The Morgan fingerprint density at radius 2 is 1.00 bits per heavy atom. The van der Waals surface area contributed by atoms with Crippen molar-refractivity contribution in [3.8, 4) is 0 Å². The summed E-state index contributed by atoms with van der Waals surface area (Å²) in [5, 5.41) is 0. The summed E-state index contributed by atoms with van der Waals surface area (Å²) in [6, 6.07) is 0. The van der Waals surface area contributed by atoms with Gasteiger partial charge in [-0.2, -0.15) is 0 Å². The predicted molar refractivity (Wildman–Crippen MR) is 102 cm³/mol. The largest absolute Gasteiger partial charge is 0.479 e. The van der Waals surface area contributed by atoms with E-state index in [9.17, 15) is 0 Å². The fraction of sp³-hybridized carbons (Fsp3) is 0.667. The lowest BCUT2D eigenvalue weighted by molar-refractivity contribution is 0.346. The first-order valence-corrected chi connectivity index (χ1v) is 12.2. The molecular weight excluding hydrogens is 379 g/mol. The van der Waals surface area contributed by atoms with Gasteiger partial charge in [0.25, 0.3) is 0 Å². The topological polar surface area (TPSA) is 27.7 Å². The molecule has 0 aromatic heterocycles. The number of rotatable bonds is 6. The average molecular weight is 395 g/mol. The van der Waals surface area contributed by atoms with Crippen molar-refractivity contribution in [2.45, 2.75) is 20.8 Å². The van der Waals surface area contributed by atoms with E-state index in [2.05, 4.69) is 0 Å². The van der Waals surface area contributed by atoms with Crippen LogP contribution in [0.5, 0.6) is 0 Å².